The third-order valence-corrected chi connectivity index (χ3v) is 6.16. The number of amides is 4. The molecule has 0 unspecified atom stereocenters. The molecule has 0 aromatic carbocycles. The smallest absolute Gasteiger partial charge is 0.323 e. The molecule has 4 amide bonds. The van der Waals surface area contributed by atoms with Crippen molar-refractivity contribution in [1.29, 1.82) is 0 Å². The standard InChI is InChI=1S/C20H31N5O3/c1-6-15-7-9-20(10-8-15)18(27)24(19(28)22-20)11-16(26)21-17-13(4)23-25(12(2)3)14(17)5/h12,15H,6-11H2,1-5H3,(H,21,26)(H,22,28). The van der Waals surface area contributed by atoms with Crippen molar-refractivity contribution in [3.63, 3.8) is 0 Å². The van der Waals surface area contributed by atoms with Gasteiger partial charge in [-0.3, -0.25) is 19.2 Å². The van der Waals surface area contributed by atoms with Crippen LogP contribution >= 0.6 is 0 Å². The minimum absolute atomic E-state index is 0.174. The van der Waals surface area contributed by atoms with Crippen LogP contribution in [0.4, 0.5) is 10.5 Å². The number of nitrogens with zero attached hydrogens (tertiary/aromatic N) is 3. The normalized spacial score (nSPS) is 24.9. The lowest BCUT2D eigenvalue weighted by molar-refractivity contribution is -0.135. The van der Waals surface area contributed by atoms with Gasteiger partial charge in [0, 0.05) is 6.04 Å². The van der Waals surface area contributed by atoms with Gasteiger partial charge in [0.2, 0.25) is 5.91 Å². The molecule has 8 nitrogen and oxygen atoms in total. The summed E-state index contributed by atoms with van der Waals surface area (Å²) in [6, 6.07) is -0.296. The van der Waals surface area contributed by atoms with Crippen molar-refractivity contribution in [2.24, 2.45) is 5.92 Å². The lowest BCUT2D eigenvalue weighted by Crippen LogP contribution is -2.49. The lowest BCUT2D eigenvalue weighted by Gasteiger charge is -2.34. The number of rotatable bonds is 5. The molecule has 1 aliphatic heterocycles. The Bertz CT molecular complexity index is 790. The van der Waals surface area contributed by atoms with Gasteiger partial charge in [-0.15, -0.1) is 0 Å². The van der Waals surface area contributed by atoms with E-state index in [1.807, 2.05) is 32.4 Å². The number of carbonyl (C=O) groups excluding carboxylic acids is 3. The molecule has 2 aliphatic rings. The van der Waals surface area contributed by atoms with E-state index in [0.29, 0.717) is 30.1 Å². The van der Waals surface area contributed by atoms with Crippen LogP contribution in [0.15, 0.2) is 0 Å². The Morgan fingerprint density at radius 3 is 2.46 bits per heavy atom. The van der Waals surface area contributed by atoms with Crippen LogP contribution in [0.5, 0.6) is 0 Å². The molecule has 28 heavy (non-hydrogen) atoms. The SMILES string of the molecule is CCC1CCC2(CC1)NC(=O)N(CC(=O)Nc1c(C)nn(C(C)C)c1C)C2=O. The predicted octanol–water partition coefficient (Wildman–Crippen LogP) is 2.91. The van der Waals surface area contributed by atoms with Crippen molar-refractivity contribution in [2.45, 2.75) is 78.3 Å². The summed E-state index contributed by atoms with van der Waals surface area (Å²) in [6.07, 6.45) is 4.24. The second kappa shape index (κ2) is 7.56. The zero-order valence-corrected chi connectivity index (χ0v) is 17.5. The van der Waals surface area contributed by atoms with Crippen LogP contribution < -0.4 is 10.6 Å². The summed E-state index contributed by atoms with van der Waals surface area (Å²) in [7, 11) is 0. The third kappa shape index (κ3) is 3.52. The average Bonchev–Trinajstić information content (AvgIpc) is 3.05. The zero-order chi connectivity index (χ0) is 20.6. The van der Waals surface area contributed by atoms with E-state index < -0.39 is 17.5 Å². The number of hydrogen-bond acceptors (Lipinski definition) is 4. The third-order valence-electron chi connectivity index (χ3n) is 6.16. The first-order chi connectivity index (χ1) is 13.2. The Balaban J connectivity index is 1.68. The summed E-state index contributed by atoms with van der Waals surface area (Å²) in [5.74, 6) is -0.0538. The van der Waals surface area contributed by atoms with Gasteiger partial charge in [0.1, 0.15) is 12.1 Å². The van der Waals surface area contributed by atoms with E-state index in [1.165, 1.54) is 0 Å². The molecule has 1 aromatic heterocycles. The number of carbonyl (C=O) groups is 3. The van der Waals surface area contributed by atoms with E-state index in [2.05, 4.69) is 22.7 Å². The first-order valence-corrected chi connectivity index (χ1v) is 10.2. The maximum Gasteiger partial charge on any atom is 0.325 e. The Kier molecular flexibility index (Phi) is 5.50. The molecule has 8 heteroatoms. The van der Waals surface area contributed by atoms with Gasteiger partial charge in [-0.25, -0.2) is 4.79 Å². The van der Waals surface area contributed by atoms with Crippen LogP contribution in [-0.2, 0) is 9.59 Å². The Morgan fingerprint density at radius 1 is 1.29 bits per heavy atom. The van der Waals surface area contributed by atoms with Crippen molar-refractivity contribution in [3.05, 3.63) is 11.4 Å². The van der Waals surface area contributed by atoms with Crippen molar-refractivity contribution in [2.75, 3.05) is 11.9 Å². The van der Waals surface area contributed by atoms with Crippen LogP contribution in [0, 0.1) is 19.8 Å². The van der Waals surface area contributed by atoms with Gasteiger partial charge in [-0.2, -0.15) is 5.10 Å². The largest absolute Gasteiger partial charge is 0.325 e. The fraction of sp³-hybridized carbons (Fsp3) is 0.700. The van der Waals surface area contributed by atoms with Crippen LogP contribution in [0.25, 0.3) is 0 Å². The molecular formula is C20H31N5O3. The van der Waals surface area contributed by atoms with Crippen LogP contribution in [-0.4, -0.2) is 44.6 Å². The summed E-state index contributed by atoms with van der Waals surface area (Å²) in [4.78, 5) is 39.0. The molecule has 2 fully saturated rings. The fourth-order valence-electron chi connectivity index (χ4n) is 4.41. The van der Waals surface area contributed by atoms with E-state index in [0.717, 1.165) is 29.9 Å². The fourth-order valence-corrected chi connectivity index (χ4v) is 4.41. The molecule has 1 spiro atoms. The monoisotopic (exact) mass is 389 g/mol. The molecule has 2 N–H and O–H groups in total. The van der Waals surface area contributed by atoms with Gasteiger partial charge in [0.05, 0.1) is 17.1 Å². The number of imide groups is 1. The summed E-state index contributed by atoms with van der Waals surface area (Å²) in [5, 5.41) is 10.1. The van der Waals surface area contributed by atoms with Gasteiger partial charge in [0.15, 0.2) is 0 Å². The Hall–Kier alpha value is -2.38. The number of anilines is 1. The predicted molar refractivity (Wildman–Crippen MR) is 106 cm³/mol. The molecular weight excluding hydrogens is 358 g/mol. The highest BCUT2D eigenvalue weighted by atomic mass is 16.2. The van der Waals surface area contributed by atoms with E-state index in [-0.39, 0.29) is 18.5 Å². The van der Waals surface area contributed by atoms with Gasteiger partial charge in [0.25, 0.3) is 5.91 Å². The molecule has 0 radical (unpaired) electrons. The van der Waals surface area contributed by atoms with Gasteiger partial charge in [-0.1, -0.05) is 13.3 Å². The summed E-state index contributed by atoms with van der Waals surface area (Å²) >= 11 is 0. The summed E-state index contributed by atoms with van der Waals surface area (Å²) < 4.78 is 1.85. The van der Waals surface area contributed by atoms with Crippen molar-refractivity contribution in [3.8, 4) is 0 Å². The Morgan fingerprint density at radius 2 is 1.93 bits per heavy atom. The zero-order valence-electron chi connectivity index (χ0n) is 17.5. The molecule has 0 atom stereocenters. The molecule has 3 rings (SSSR count). The summed E-state index contributed by atoms with van der Waals surface area (Å²) in [5.41, 5.74) is 1.39. The molecule has 1 aliphatic carbocycles. The first kappa shape index (κ1) is 20.4. The van der Waals surface area contributed by atoms with Gasteiger partial charge in [-0.05, 0) is 59.3 Å². The average molecular weight is 390 g/mol. The van der Waals surface area contributed by atoms with E-state index in [1.54, 1.807) is 0 Å². The minimum Gasteiger partial charge on any atom is -0.323 e. The second-order valence-electron chi connectivity index (χ2n) is 8.39. The van der Waals surface area contributed by atoms with E-state index in [9.17, 15) is 14.4 Å². The van der Waals surface area contributed by atoms with Gasteiger partial charge < -0.3 is 10.6 Å². The minimum atomic E-state index is -0.822. The van der Waals surface area contributed by atoms with E-state index in [4.69, 9.17) is 0 Å². The number of urea groups is 1. The molecule has 1 saturated heterocycles. The lowest BCUT2D eigenvalue weighted by atomic mass is 9.75. The molecule has 0 bridgehead atoms. The number of aryl methyl sites for hydroxylation is 1. The number of nitrogens with one attached hydrogen (secondary N) is 2. The molecule has 2 heterocycles. The van der Waals surface area contributed by atoms with Crippen LogP contribution in [0.2, 0.25) is 0 Å². The van der Waals surface area contributed by atoms with Crippen molar-refractivity contribution in [1.82, 2.24) is 20.0 Å². The van der Waals surface area contributed by atoms with Crippen LogP contribution in [0.3, 0.4) is 0 Å². The second-order valence-corrected chi connectivity index (χ2v) is 8.39. The van der Waals surface area contributed by atoms with Gasteiger partial charge >= 0.3 is 6.03 Å². The molecule has 1 aromatic rings. The highest BCUT2D eigenvalue weighted by Crippen LogP contribution is 2.37. The van der Waals surface area contributed by atoms with E-state index >= 15 is 0 Å². The van der Waals surface area contributed by atoms with Crippen LogP contribution in [0.1, 0.15) is 70.3 Å². The maximum atomic E-state index is 12.9. The molecule has 154 valence electrons. The van der Waals surface area contributed by atoms with Crippen molar-refractivity contribution < 1.29 is 14.4 Å². The topological polar surface area (TPSA) is 96.3 Å². The quantitative estimate of drug-likeness (QED) is 0.757. The number of aromatic nitrogens is 2. The highest BCUT2D eigenvalue weighted by molar-refractivity contribution is 6.10. The number of hydrogen-bond donors (Lipinski definition) is 2. The first-order valence-electron chi connectivity index (χ1n) is 10.2. The maximum absolute atomic E-state index is 12.9. The van der Waals surface area contributed by atoms with Crippen molar-refractivity contribution >= 4 is 23.5 Å². The summed E-state index contributed by atoms with van der Waals surface area (Å²) in [6.45, 7) is 9.63. The Labute approximate surface area is 166 Å². The molecule has 1 saturated carbocycles. The highest BCUT2D eigenvalue weighted by Gasteiger charge is 2.52.